The molecule has 1 aromatic carbocycles. The molecule has 0 N–H and O–H groups in total. The lowest BCUT2D eigenvalue weighted by molar-refractivity contribution is 0.101. The van der Waals surface area contributed by atoms with E-state index in [0.717, 1.165) is 46.0 Å². The van der Waals surface area contributed by atoms with Crippen LogP contribution in [0, 0.1) is 0 Å². The average molecular weight is 342 g/mol. The molecule has 1 saturated heterocycles. The summed E-state index contributed by atoms with van der Waals surface area (Å²) in [5.74, 6) is 3.89. The van der Waals surface area contributed by atoms with Crippen LogP contribution < -0.4 is 4.74 Å². The smallest absolute Gasteiger partial charge is 0.159 e. The molecule has 0 atom stereocenters. The van der Waals surface area contributed by atoms with Crippen LogP contribution in [0.3, 0.4) is 0 Å². The van der Waals surface area contributed by atoms with Gasteiger partial charge in [-0.15, -0.1) is 0 Å². The average Bonchev–Trinajstić information content (AvgIpc) is 2.53. The number of Topliss-reactive ketones (excluding diaryl/α,β-unsaturated/α-hetero) is 1. The lowest BCUT2D eigenvalue weighted by Crippen LogP contribution is -2.35. The van der Waals surface area contributed by atoms with Gasteiger partial charge in [-0.1, -0.05) is 24.0 Å². The molecule has 0 unspecified atom stereocenters. The van der Waals surface area contributed by atoms with E-state index < -0.39 is 0 Å². The predicted octanol–water partition coefficient (Wildman–Crippen LogP) is 3.46. The minimum absolute atomic E-state index is 0.0690. The Balaban J connectivity index is 2.02. The predicted molar refractivity (Wildman–Crippen MR) is 95.8 cm³/mol. The normalized spacial score (nSPS) is 14.9. The molecular formula is C15H19NO2S3. The number of thioether (sulfide) groups is 2. The van der Waals surface area contributed by atoms with Gasteiger partial charge in [0.15, 0.2) is 5.78 Å². The second-order valence-corrected chi connectivity index (χ2v) is 7.57. The van der Waals surface area contributed by atoms with Gasteiger partial charge in [0.1, 0.15) is 10.1 Å². The molecule has 1 aliphatic heterocycles. The van der Waals surface area contributed by atoms with E-state index in [1.165, 1.54) is 0 Å². The summed E-state index contributed by atoms with van der Waals surface area (Å²) < 4.78 is 6.31. The number of rotatable bonds is 4. The molecule has 6 heteroatoms. The topological polar surface area (TPSA) is 29.5 Å². The number of hydrogen-bond acceptors (Lipinski definition) is 5. The lowest BCUT2D eigenvalue weighted by atomic mass is 10.1. The van der Waals surface area contributed by atoms with Crippen molar-refractivity contribution in [2.45, 2.75) is 12.7 Å². The fourth-order valence-electron chi connectivity index (χ4n) is 2.09. The third-order valence-electron chi connectivity index (χ3n) is 3.31. The zero-order chi connectivity index (χ0) is 15.2. The van der Waals surface area contributed by atoms with Crippen molar-refractivity contribution in [3.8, 4) is 5.75 Å². The van der Waals surface area contributed by atoms with Gasteiger partial charge in [0, 0.05) is 41.5 Å². The summed E-state index contributed by atoms with van der Waals surface area (Å²) in [5.41, 5.74) is 1.73. The molecule has 0 amide bonds. The number of carbonyl (C=O) groups is 1. The first-order chi connectivity index (χ1) is 10.1. The van der Waals surface area contributed by atoms with Crippen molar-refractivity contribution in [3.05, 3.63) is 29.3 Å². The molecule has 2 rings (SSSR count). The van der Waals surface area contributed by atoms with E-state index in [1.54, 1.807) is 31.9 Å². The highest BCUT2D eigenvalue weighted by molar-refractivity contribution is 8.22. The molecule has 0 aromatic heterocycles. The molecule has 0 spiro atoms. The molecule has 1 heterocycles. The number of ketones is 1. The van der Waals surface area contributed by atoms with Crippen LogP contribution in [-0.4, -0.2) is 46.7 Å². The van der Waals surface area contributed by atoms with Crippen molar-refractivity contribution in [1.82, 2.24) is 4.90 Å². The van der Waals surface area contributed by atoms with Crippen molar-refractivity contribution >= 4 is 45.8 Å². The summed E-state index contributed by atoms with van der Waals surface area (Å²) in [5, 5.41) is 0. The maximum atomic E-state index is 11.5. The quantitative estimate of drug-likeness (QED) is 0.615. The number of nitrogens with zero attached hydrogens (tertiary/aromatic N) is 1. The Morgan fingerprint density at radius 2 is 2.14 bits per heavy atom. The first-order valence-corrected chi connectivity index (χ1v) is 9.34. The molecule has 1 aliphatic rings. The Morgan fingerprint density at radius 3 is 2.76 bits per heavy atom. The Bertz CT molecular complexity index is 528. The van der Waals surface area contributed by atoms with E-state index in [1.807, 2.05) is 23.9 Å². The number of thiocarbonyl (C=S) groups is 1. The fourth-order valence-corrected chi connectivity index (χ4v) is 4.22. The van der Waals surface area contributed by atoms with E-state index in [0.29, 0.717) is 5.56 Å². The Hall–Kier alpha value is -0.720. The van der Waals surface area contributed by atoms with Gasteiger partial charge >= 0.3 is 0 Å². The highest BCUT2D eigenvalue weighted by atomic mass is 32.2. The molecule has 3 nitrogen and oxygen atoms in total. The highest BCUT2D eigenvalue weighted by Gasteiger charge is 2.15. The van der Waals surface area contributed by atoms with Gasteiger partial charge < -0.3 is 9.64 Å². The van der Waals surface area contributed by atoms with Crippen LogP contribution in [-0.2, 0) is 5.75 Å². The molecule has 1 fully saturated rings. The number of benzene rings is 1. The molecule has 1 aromatic rings. The Labute approximate surface area is 139 Å². The van der Waals surface area contributed by atoms with Gasteiger partial charge in [-0.25, -0.2) is 0 Å². The summed E-state index contributed by atoms with van der Waals surface area (Å²) in [6.07, 6.45) is 0. The second-order valence-electron chi connectivity index (χ2n) is 4.74. The summed E-state index contributed by atoms with van der Waals surface area (Å²) in [4.78, 5) is 13.8. The SMILES string of the molecule is COc1ccc(C(C)=O)cc1CSC(=S)N1CCSCC1. The van der Waals surface area contributed by atoms with Crippen molar-refractivity contribution in [3.63, 3.8) is 0 Å². The van der Waals surface area contributed by atoms with Crippen LogP contribution >= 0.6 is 35.7 Å². The number of ether oxygens (including phenoxy) is 1. The van der Waals surface area contributed by atoms with Crippen LogP contribution in [0.15, 0.2) is 18.2 Å². The summed E-state index contributed by atoms with van der Waals surface area (Å²) in [6, 6.07) is 5.56. The van der Waals surface area contributed by atoms with Crippen LogP contribution in [0.5, 0.6) is 5.75 Å². The third kappa shape index (κ3) is 4.63. The van der Waals surface area contributed by atoms with Gasteiger partial charge in [0.25, 0.3) is 0 Å². The Morgan fingerprint density at radius 1 is 1.43 bits per heavy atom. The summed E-state index contributed by atoms with van der Waals surface area (Å²) in [7, 11) is 1.65. The van der Waals surface area contributed by atoms with Gasteiger partial charge in [0.2, 0.25) is 0 Å². The fraction of sp³-hybridized carbons (Fsp3) is 0.467. The van der Waals surface area contributed by atoms with E-state index >= 15 is 0 Å². The minimum atomic E-state index is 0.0690. The number of hydrogen-bond donors (Lipinski definition) is 0. The van der Waals surface area contributed by atoms with Gasteiger partial charge in [-0.05, 0) is 25.1 Å². The molecule has 0 saturated carbocycles. The zero-order valence-electron chi connectivity index (χ0n) is 12.3. The van der Waals surface area contributed by atoms with Crippen LogP contribution in [0.4, 0.5) is 0 Å². The monoisotopic (exact) mass is 341 g/mol. The van der Waals surface area contributed by atoms with Crippen LogP contribution in [0.1, 0.15) is 22.8 Å². The first-order valence-electron chi connectivity index (χ1n) is 6.79. The molecule has 21 heavy (non-hydrogen) atoms. The van der Waals surface area contributed by atoms with Crippen molar-refractivity contribution in [2.75, 3.05) is 31.7 Å². The van der Waals surface area contributed by atoms with Gasteiger partial charge in [0.05, 0.1) is 7.11 Å². The maximum Gasteiger partial charge on any atom is 0.159 e. The van der Waals surface area contributed by atoms with Crippen molar-refractivity contribution in [2.24, 2.45) is 0 Å². The van der Waals surface area contributed by atoms with E-state index in [2.05, 4.69) is 4.90 Å². The summed E-state index contributed by atoms with van der Waals surface area (Å²) >= 11 is 9.13. The van der Waals surface area contributed by atoms with Crippen molar-refractivity contribution in [1.29, 1.82) is 0 Å². The van der Waals surface area contributed by atoms with Gasteiger partial charge in [-0.2, -0.15) is 11.8 Å². The largest absolute Gasteiger partial charge is 0.496 e. The lowest BCUT2D eigenvalue weighted by Gasteiger charge is -2.28. The van der Waals surface area contributed by atoms with Crippen molar-refractivity contribution < 1.29 is 9.53 Å². The van der Waals surface area contributed by atoms with E-state index in [-0.39, 0.29) is 5.78 Å². The maximum absolute atomic E-state index is 11.5. The zero-order valence-corrected chi connectivity index (χ0v) is 14.7. The van der Waals surface area contributed by atoms with E-state index in [9.17, 15) is 4.79 Å². The van der Waals surface area contributed by atoms with E-state index in [4.69, 9.17) is 17.0 Å². The van der Waals surface area contributed by atoms with Crippen LogP contribution in [0.25, 0.3) is 0 Å². The van der Waals surface area contributed by atoms with Crippen LogP contribution in [0.2, 0.25) is 0 Å². The minimum Gasteiger partial charge on any atom is -0.496 e. The molecule has 0 radical (unpaired) electrons. The summed E-state index contributed by atoms with van der Waals surface area (Å²) in [6.45, 7) is 3.64. The second kappa shape index (κ2) is 8.06. The first kappa shape index (κ1) is 16.6. The Kier molecular flexibility index (Phi) is 6.39. The number of carbonyl (C=O) groups excluding carboxylic acids is 1. The molecular weight excluding hydrogens is 322 g/mol. The molecule has 0 bridgehead atoms. The molecule has 114 valence electrons. The van der Waals surface area contributed by atoms with Gasteiger partial charge in [-0.3, -0.25) is 4.79 Å². The highest BCUT2D eigenvalue weighted by Crippen LogP contribution is 2.27. The third-order valence-corrected chi connectivity index (χ3v) is 5.82. The number of methoxy groups -OCH3 is 1. The molecule has 0 aliphatic carbocycles. The standard InChI is InChI=1S/C15H19NO2S3/c1-11(17)12-3-4-14(18-2)13(9-12)10-21-15(19)16-5-7-20-8-6-16/h3-4,9H,5-8,10H2,1-2H3.